The normalized spacial score (nSPS) is 11.6. The van der Waals surface area contributed by atoms with Gasteiger partial charge in [0.1, 0.15) is 0 Å². The van der Waals surface area contributed by atoms with Crippen molar-refractivity contribution in [2.45, 2.75) is 32.3 Å². The van der Waals surface area contributed by atoms with Crippen LogP contribution in [0.3, 0.4) is 0 Å². The quantitative estimate of drug-likeness (QED) is 0.879. The second-order valence-corrected chi connectivity index (χ2v) is 5.03. The van der Waals surface area contributed by atoms with Crippen molar-refractivity contribution in [3.63, 3.8) is 0 Å². The van der Waals surface area contributed by atoms with E-state index in [9.17, 15) is 9.90 Å². The van der Waals surface area contributed by atoms with Gasteiger partial charge in [0, 0.05) is 23.7 Å². The monoisotopic (exact) mass is 272 g/mol. The maximum absolute atomic E-state index is 12.1. The molecular formula is C16H20N2O2. The molecule has 0 saturated heterocycles. The van der Waals surface area contributed by atoms with E-state index in [4.69, 9.17) is 0 Å². The third-order valence-corrected chi connectivity index (χ3v) is 3.76. The highest BCUT2D eigenvalue weighted by molar-refractivity contribution is 5.97. The lowest BCUT2D eigenvalue weighted by Gasteiger charge is -2.25. The third-order valence-electron chi connectivity index (χ3n) is 3.76. The summed E-state index contributed by atoms with van der Waals surface area (Å²) in [6.45, 7) is 4.10. The van der Waals surface area contributed by atoms with E-state index < -0.39 is 5.60 Å². The van der Waals surface area contributed by atoms with Crippen molar-refractivity contribution in [3.8, 4) is 0 Å². The third kappa shape index (κ3) is 3.14. The van der Waals surface area contributed by atoms with Gasteiger partial charge in [-0.1, -0.05) is 19.9 Å². The van der Waals surface area contributed by atoms with Crippen LogP contribution >= 0.6 is 0 Å². The van der Waals surface area contributed by atoms with Crippen molar-refractivity contribution in [1.82, 2.24) is 10.3 Å². The maximum Gasteiger partial charge on any atom is 0.251 e. The molecule has 0 aliphatic rings. The van der Waals surface area contributed by atoms with Crippen LogP contribution in [-0.4, -0.2) is 28.1 Å². The zero-order valence-electron chi connectivity index (χ0n) is 11.9. The first kappa shape index (κ1) is 14.5. The number of carbonyl (C=O) groups is 1. The fourth-order valence-corrected chi connectivity index (χ4v) is 2.06. The number of aliphatic hydroxyl groups is 1. The fraction of sp³-hybridized carbons (Fsp3) is 0.375. The van der Waals surface area contributed by atoms with Crippen LogP contribution in [0.2, 0.25) is 0 Å². The fourth-order valence-electron chi connectivity index (χ4n) is 2.06. The Hall–Kier alpha value is -1.94. The van der Waals surface area contributed by atoms with Crippen molar-refractivity contribution in [3.05, 3.63) is 42.1 Å². The van der Waals surface area contributed by atoms with Crippen LogP contribution in [0, 0.1) is 0 Å². The molecule has 0 atom stereocenters. The van der Waals surface area contributed by atoms with E-state index >= 15 is 0 Å². The highest BCUT2D eigenvalue weighted by atomic mass is 16.3. The minimum atomic E-state index is -0.825. The molecule has 106 valence electrons. The summed E-state index contributed by atoms with van der Waals surface area (Å²) >= 11 is 0. The molecule has 4 nitrogen and oxygen atoms in total. The van der Waals surface area contributed by atoms with Crippen molar-refractivity contribution in [2.24, 2.45) is 0 Å². The van der Waals surface area contributed by atoms with Gasteiger partial charge in [-0.3, -0.25) is 9.78 Å². The van der Waals surface area contributed by atoms with E-state index in [1.807, 2.05) is 38.1 Å². The number of amides is 1. The number of rotatable bonds is 5. The molecule has 1 amide bonds. The molecule has 2 aromatic rings. The smallest absolute Gasteiger partial charge is 0.251 e. The largest absolute Gasteiger partial charge is 0.388 e. The van der Waals surface area contributed by atoms with Crippen molar-refractivity contribution in [1.29, 1.82) is 0 Å². The number of hydrogen-bond acceptors (Lipinski definition) is 3. The van der Waals surface area contributed by atoms with Gasteiger partial charge in [-0.15, -0.1) is 0 Å². The van der Waals surface area contributed by atoms with E-state index in [0.717, 1.165) is 10.9 Å². The van der Waals surface area contributed by atoms with Crippen LogP contribution in [0.1, 0.15) is 37.0 Å². The molecule has 2 N–H and O–H groups in total. The molecule has 1 aromatic carbocycles. The van der Waals surface area contributed by atoms with Gasteiger partial charge >= 0.3 is 0 Å². The van der Waals surface area contributed by atoms with E-state index in [-0.39, 0.29) is 12.5 Å². The standard InChI is InChI=1S/C16H20N2O2/c1-3-16(20,4-2)11-18-15(19)13-7-8-14-12(10-13)6-5-9-17-14/h5-10,20H,3-4,11H2,1-2H3,(H,18,19). The number of nitrogens with zero attached hydrogens (tertiary/aromatic N) is 1. The van der Waals surface area contributed by atoms with E-state index in [1.165, 1.54) is 0 Å². The lowest BCUT2D eigenvalue weighted by atomic mass is 9.97. The number of carbonyl (C=O) groups excluding carboxylic acids is 1. The molecule has 0 bridgehead atoms. The summed E-state index contributed by atoms with van der Waals surface area (Å²) in [4.78, 5) is 16.3. The zero-order chi connectivity index (χ0) is 14.6. The van der Waals surface area contributed by atoms with Gasteiger partial charge in [0.2, 0.25) is 0 Å². The lowest BCUT2D eigenvalue weighted by Crippen LogP contribution is -2.42. The summed E-state index contributed by atoms with van der Waals surface area (Å²) in [5, 5.41) is 13.9. The van der Waals surface area contributed by atoms with Gasteiger partial charge in [-0.2, -0.15) is 0 Å². The summed E-state index contributed by atoms with van der Waals surface area (Å²) < 4.78 is 0. The molecule has 2 rings (SSSR count). The summed E-state index contributed by atoms with van der Waals surface area (Å²) in [7, 11) is 0. The second-order valence-electron chi connectivity index (χ2n) is 5.03. The number of pyridine rings is 1. The van der Waals surface area contributed by atoms with Crippen LogP contribution < -0.4 is 5.32 Å². The first-order chi connectivity index (χ1) is 9.58. The molecule has 0 unspecified atom stereocenters. The molecule has 0 spiro atoms. The minimum Gasteiger partial charge on any atom is -0.388 e. The van der Waals surface area contributed by atoms with Crippen LogP contribution in [0.5, 0.6) is 0 Å². The predicted molar refractivity (Wildman–Crippen MR) is 79.6 cm³/mol. The Bertz CT molecular complexity index is 606. The van der Waals surface area contributed by atoms with Gasteiger partial charge in [0.25, 0.3) is 5.91 Å². The van der Waals surface area contributed by atoms with E-state index in [1.54, 1.807) is 12.3 Å². The molecular weight excluding hydrogens is 252 g/mol. The van der Waals surface area contributed by atoms with Gasteiger partial charge in [-0.25, -0.2) is 0 Å². The molecule has 1 heterocycles. The van der Waals surface area contributed by atoms with Crippen molar-refractivity contribution < 1.29 is 9.90 Å². The molecule has 0 fully saturated rings. The molecule has 0 radical (unpaired) electrons. The van der Waals surface area contributed by atoms with Gasteiger partial charge in [-0.05, 0) is 37.1 Å². The van der Waals surface area contributed by atoms with E-state index in [2.05, 4.69) is 10.3 Å². The first-order valence-electron chi connectivity index (χ1n) is 6.93. The Balaban J connectivity index is 2.11. The van der Waals surface area contributed by atoms with E-state index in [0.29, 0.717) is 18.4 Å². The number of fused-ring (bicyclic) bond motifs is 1. The van der Waals surface area contributed by atoms with Gasteiger partial charge < -0.3 is 10.4 Å². The van der Waals surface area contributed by atoms with Crippen LogP contribution in [0.15, 0.2) is 36.5 Å². The molecule has 4 heteroatoms. The SMILES string of the molecule is CCC(O)(CC)CNC(=O)c1ccc2ncccc2c1. The molecule has 0 aliphatic carbocycles. The van der Waals surface area contributed by atoms with Crippen molar-refractivity contribution in [2.75, 3.05) is 6.54 Å². The number of benzene rings is 1. The first-order valence-corrected chi connectivity index (χ1v) is 6.93. The summed E-state index contributed by atoms with van der Waals surface area (Å²) in [5.74, 6) is -0.170. The molecule has 0 aliphatic heterocycles. The van der Waals surface area contributed by atoms with Gasteiger partial charge in [0.15, 0.2) is 0 Å². The maximum atomic E-state index is 12.1. The Morgan fingerprint density at radius 1 is 1.30 bits per heavy atom. The molecule has 1 aromatic heterocycles. The van der Waals surface area contributed by atoms with Crippen LogP contribution in [-0.2, 0) is 0 Å². The topological polar surface area (TPSA) is 62.2 Å². The minimum absolute atomic E-state index is 0.170. The summed E-state index contributed by atoms with van der Waals surface area (Å²) in [5.41, 5.74) is 0.622. The number of aromatic nitrogens is 1. The second kappa shape index (κ2) is 6.01. The highest BCUT2D eigenvalue weighted by Crippen LogP contribution is 2.15. The average molecular weight is 272 g/mol. The Labute approximate surface area is 118 Å². The Kier molecular flexibility index (Phi) is 4.35. The molecule has 0 saturated carbocycles. The average Bonchev–Trinajstić information content (AvgIpc) is 2.51. The van der Waals surface area contributed by atoms with Crippen LogP contribution in [0.25, 0.3) is 10.9 Å². The summed E-state index contributed by atoms with van der Waals surface area (Å²) in [6, 6.07) is 9.16. The number of nitrogens with one attached hydrogen (secondary N) is 1. The van der Waals surface area contributed by atoms with Gasteiger partial charge in [0.05, 0.1) is 11.1 Å². The Morgan fingerprint density at radius 3 is 2.75 bits per heavy atom. The molecule has 20 heavy (non-hydrogen) atoms. The zero-order valence-corrected chi connectivity index (χ0v) is 11.9. The van der Waals surface area contributed by atoms with Crippen molar-refractivity contribution >= 4 is 16.8 Å². The van der Waals surface area contributed by atoms with Crippen LogP contribution in [0.4, 0.5) is 0 Å². The predicted octanol–water partition coefficient (Wildman–Crippen LogP) is 2.52. The number of hydrogen-bond donors (Lipinski definition) is 2. The lowest BCUT2D eigenvalue weighted by molar-refractivity contribution is 0.0314. The summed E-state index contributed by atoms with van der Waals surface area (Å²) in [6.07, 6.45) is 2.96. The highest BCUT2D eigenvalue weighted by Gasteiger charge is 2.22. The Morgan fingerprint density at radius 2 is 2.05 bits per heavy atom.